The quantitative estimate of drug-likeness (QED) is 0.591. The lowest BCUT2D eigenvalue weighted by Gasteiger charge is -2.06. The molecule has 118 valence electrons. The third-order valence-electron chi connectivity index (χ3n) is 3.50. The lowest BCUT2D eigenvalue weighted by atomic mass is 9.98. The number of ether oxygens (including phenoxy) is 1. The van der Waals surface area contributed by atoms with Gasteiger partial charge in [0.15, 0.2) is 5.78 Å². The first-order valence-corrected chi connectivity index (χ1v) is 7.64. The minimum atomic E-state index is -0.247. The molecular weight excluding hydrogens is 288 g/mol. The SMILES string of the molecule is CCOC(=O)CC=C(C)c1cccc(C(=O)c2ccccc2)c1. The van der Waals surface area contributed by atoms with Gasteiger partial charge in [0.25, 0.3) is 0 Å². The average Bonchev–Trinajstić information content (AvgIpc) is 2.60. The third-order valence-corrected chi connectivity index (χ3v) is 3.50. The standard InChI is InChI=1S/C20H20O3/c1-3-23-19(21)13-12-15(2)17-10-7-11-18(14-17)20(22)16-8-5-4-6-9-16/h4-12,14H,3,13H2,1-2H3. The highest BCUT2D eigenvalue weighted by Gasteiger charge is 2.09. The van der Waals surface area contributed by atoms with E-state index in [4.69, 9.17) is 4.74 Å². The zero-order chi connectivity index (χ0) is 16.7. The highest BCUT2D eigenvalue weighted by atomic mass is 16.5. The van der Waals surface area contributed by atoms with E-state index >= 15 is 0 Å². The molecule has 0 saturated carbocycles. The van der Waals surface area contributed by atoms with E-state index in [2.05, 4.69) is 0 Å². The fourth-order valence-corrected chi connectivity index (χ4v) is 2.24. The Morgan fingerprint density at radius 1 is 0.957 bits per heavy atom. The van der Waals surface area contributed by atoms with Crippen LogP contribution in [0.3, 0.4) is 0 Å². The van der Waals surface area contributed by atoms with E-state index in [1.54, 1.807) is 25.1 Å². The van der Waals surface area contributed by atoms with E-state index in [1.807, 2.05) is 49.4 Å². The molecule has 0 spiro atoms. The highest BCUT2D eigenvalue weighted by Crippen LogP contribution is 2.18. The van der Waals surface area contributed by atoms with Crippen LogP contribution in [0.4, 0.5) is 0 Å². The minimum absolute atomic E-state index is 0.00866. The van der Waals surface area contributed by atoms with Gasteiger partial charge in [-0.25, -0.2) is 0 Å². The number of hydrogen-bond donors (Lipinski definition) is 0. The smallest absolute Gasteiger partial charge is 0.309 e. The maximum absolute atomic E-state index is 12.5. The monoisotopic (exact) mass is 308 g/mol. The number of carbonyl (C=O) groups excluding carboxylic acids is 2. The van der Waals surface area contributed by atoms with Gasteiger partial charge in [0.1, 0.15) is 0 Å². The Morgan fingerprint density at radius 3 is 2.30 bits per heavy atom. The number of hydrogen-bond acceptors (Lipinski definition) is 3. The van der Waals surface area contributed by atoms with E-state index in [0.29, 0.717) is 17.7 Å². The molecule has 3 nitrogen and oxygen atoms in total. The molecule has 2 rings (SSSR count). The molecule has 0 aliphatic heterocycles. The normalized spacial score (nSPS) is 11.1. The van der Waals surface area contributed by atoms with Crippen molar-refractivity contribution in [2.24, 2.45) is 0 Å². The molecule has 2 aromatic rings. The van der Waals surface area contributed by atoms with Crippen LogP contribution in [0.2, 0.25) is 0 Å². The Balaban J connectivity index is 2.18. The Hall–Kier alpha value is -2.68. The van der Waals surface area contributed by atoms with Crippen molar-refractivity contribution in [2.75, 3.05) is 6.61 Å². The maximum atomic E-state index is 12.5. The molecule has 0 fully saturated rings. The van der Waals surface area contributed by atoms with E-state index < -0.39 is 0 Å². The summed E-state index contributed by atoms with van der Waals surface area (Å²) in [5.74, 6) is -0.256. The number of ketones is 1. The van der Waals surface area contributed by atoms with E-state index in [-0.39, 0.29) is 18.2 Å². The van der Waals surface area contributed by atoms with Gasteiger partial charge < -0.3 is 4.74 Å². The van der Waals surface area contributed by atoms with Crippen LogP contribution in [0.15, 0.2) is 60.7 Å². The van der Waals surface area contributed by atoms with Gasteiger partial charge in [0.05, 0.1) is 13.0 Å². The Labute approximate surface area is 136 Å². The molecule has 0 aromatic heterocycles. The van der Waals surface area contributed by atoms with E-state index in [9.17, 15) is 9.59 Å². The van der Waals surface area contributed by atoms with Gasteiger partial charge in [0.2, 0.25) is 0 Å². The summed E-state index contributed by atoms with van der Waals surface area (Å²) < 4.78 is 4.91. The molecule has 0 N–H and O–H groups in total. The Morgan fingerprint density at radius 2 is 1.61 bits per heavy atom. The zero-order valence-corrected chi connectivity index (χ0v) is 13.4. The van der Waals surface area contributed by atoms with Gasteiger partial charge in [-0.05, 0) is 31.1 Å². The first kappa shape index (κ1) is 16.7. The van der Waals surface area contributed by atoms with Crippen LogP contribution >= 0.6 is 0 Å². The summed E-state index contributed by atoms with van der Waals surface area (Å²) in [6.45, 7) is 4.09. The number of benzene rings is 2. The summed E-state index contributed by atoms with van der Waals surface area (Å²) >= 11 is 0. The summed E-state index contributed by atoms with van der Waals surface area (Å²) in [5.41, 5.74) is 3.17. The molecule has 0 bridgehead atoms. The minimum Gasteiger partial charge on any atom is -0.466 e. The predicted octanol–water partition coefficient (Wildman–Crippen LogP) is 4.27. The van der Waals surface area contributed by atoms with Crippen LogP contribution < -0.4 is 0 Å². The summed E-state index contributed by atoms with van der Waals surface area (Å²) in [5, 5.41) is 0. The van der Waals surface area contributed by atoms with Gasteiger partial charge in [-0.3, -0.25) is 9.59 Å². The van der Waals surface area contributed by atoms with E-state index in [1.165, 1.54) is 0 Å². The molecule has 0 amide bonds. The van der Waals surface area contributed by atoms with Gasteiger partial charge in [0, 0.05) is 11.1 Å². The van der Waals surface area contributed by atoms with Crippen molar-refractivity contribution in [3.05, 3.63) is 77.4 Å². The van der Waals surface area contributed by atoms with Crippen molar-refractivity contribution in [3.8, 4) is 0 Å². The van der Waals surface area contributed by atoms with Gasteiger partial charge in [-0.15, -0.1) is 0 Å². The number of carbonyl (C=O) groups is 2. The average molecular weight is 308 g/mol. The van der Waals surface area contributed by atoms with Crippen molar-refractivity contribution in [3.63, 3.8) is 0 Å². The second-order valence-corrected chi connectivity index (χ2v) is 5.17. The maximum Gasteiger partial charge on any atom is 0.309 e. The number of esters is 1. The fraction of sp³-hybridized carbons (Fsp3) is 0.200. The lowest BCUT2D eigenvalue weighted by Crippen LogP contribution is -2.02. The van der Waals surface area contributed by atoms with Crippen molar-refractivity contribution in [1.82, 2.24) is 0 Å². The first-order valence-electron chi connectivity index (χ1n) is 7.64. The summed E-state index contributed by atoms with van der Waals surface area (Å²) in [4.78, 5) is 23.9. The summed E-state index contributed by atoms with van der Waals surface area (Å²) in [6, 6.07) is 16.6. The molecule has 0 aliphatic carbocycles. The zero-order valence-electron chi connectivity index (χ0n) is 13.4. The highest BCUT2D eigenvalue weighted by molar-refractivity contribution is 6.09. The number of allylic oxidation sites excluding steroid dienone is 1. The topological polar surface area (TPSA) is 43.4 Å². The lowest BCUT2D eigenvalue weighted by molar-refractivity contribution is -0.142. The predicted molar refractivity (Wildman–Crippen MR) is 91.2 cm³/mol. The first-order chi connectivity index (χ1) is 11.1. The number of rotatable bonds is 6. The van der Waals surface area contributed by atoms with Crippen molar-refractivity contribution in [2.45, 2.75) is 20.3 Å². The van der Waals surface area contributed by atoms with Gasteiger partial charge in [-0.2, -0.15) is 0 Å². The molecule has 23 heavy (non-hydrogen) atoms. The fourth-order valence-electron chi connectivity index (χ4n) is 2.24. The molecule has 0 radical (unpaired) electrons. The second kappa shape index (κ2) is 8.08. The van der Waals surface area contributed by atoms with Gasteiger partial charge >= 0.3 is 5.97 Å². The van der Waals surface area contributed by atoms with Crippen molar-refractivity contribution >= 4 is 17.3 Å². The van der Waals surface area contributed by atoms with Crippen LogP contribution in [0, 0.1) is 0 Å². The van der Waals surface area contributed by atoms with Crippen LogP contribution in [-0.2, 0) is 9.53 Å². The molecule has 0 heterocycles. The summed E-state index contributed by atoms with van der Waals surface area (Å²) in [7, 11) is 0. The largest absolute Gasteiger partial charge is 0.466 e. The second-order valence-electron chi connectivity index (χ2n) is 5.17. The summed E-state index contributed by atoms with van der Waals surface area (Å²) in [6.07, 6.45) is 2.06. The Bertz CT molecular complexity index is 715. The molecule has 2 aromatic carbocycles. The molecule has 0 atom stereocenters. The molecule has 3 heteroatoms. The Kier molecular flexibility index (Phi) is 5.87. The van der Waals surface area contributed by atoms with Gasteiger partial charge in [-0.1, -0.05) is 54.6 Å². The van der Waals surface area contributed by atoms with Crippen molar-refractivity contribution < 1.29 is 14.3 Å². The van der Waals surface area contributed by atoms with Crippen LogP contribution in [0.5, 0.6) is 0 Å². The third kappa shape index (κ3) is 4.65. The molecule has 0 saturated heterocycles. The van der Waals surface area contributed by atoms with Crippen LogP contribution in [0.25, 0.3) is 5.57 Å². The molecule has 0 unspecified atom stereocenters. The van der Waals surface area contributed by atoms with Crippen LogP contribution in [-0.4, -0.2) is 18.4 Å². The molecule has 0 aliphatic rings. The molecular formula is C20H20O3. The van der Waals surface area contributed by atoms with Crippen LogP contribution in [0.1, 0.15) is 41.8 Å². The van der Waals surface area contributed by atoms with E-state index in [0.717, 1.165) is 11.1 Å². The van der Waals surface area contributed by atoms with Crippen molar-refractivity contribution in [1.29, 1.82) is 0 Å².